The molecule has 7 nitrogen and oxygen atoms in total. The molecule has 0 radical (unpaired) electrons. The average molecular weight is 332 g/mol. The highest BCUT2D eigenvalue weighted by Crippen LogP contribution is 2.13. The van der Waals surface area contributed by atoms with Gasteiger partial charge in [-0.05, 0) is 32.4 Å². The summed E-state index contributed by atoms with van der Waals surface area (Å²) in [6.07, 6.45) is 2.66. The van der Waals surface area contributed by atoms with Crippen LogP contribution in [0.1, 0.15) is 44.7 Å². The van der Waals surface area contributed by atoms with Gasteiger partial charge in [0.2, 0.25) is 17.6 Å². The van der Waals surface area contributed by atoms with Crippen LogP contribution in [0.3, 0.4) is 0 Å². The lowest BCUT2D eigenvalue weighted by atomic mass is 10.2. The van der Waals surface area contributed by atoms with Crippen molar-refractivity contribution in [3.05, 3.63) is 34.1 Å². The van der Waals surface area contributed by atoms with Crippen molar-refractivity contribution in [3.63, 3.8) is 0 Å². The topological polar surface area (TPSA) is 90.0 Å². The average Bonchev–Trinajstić information content (AvgIpc) is 3.02. The Hall–Kier alpha value is -2.44. The van der Waals surface area contributed by atoms with Crippen LogP contribution in [-0.2, 0) is 17.8 Å². The zero-order valence-electron chi connectivity index (χ0n) is 14.5. The second kappa shape index (κ2) is 8.42. The molecule has 2 aromatic heterocycles. The maximum atomic E-state index is 12.4. The summed E-state index contributed by atoms with van der Waals surface area (Å²) in [5.74, 6) is 0.592. The molecule has 130 valence electrons. The van der Waals surface area contributed by atoms with Gasteiger partial charge in [0, 0.05) is 31.6 Å². The highest BCUT2D eigenvalue weighted by Gasteiger charge is 2.15. The number of carbonyl (C=O) groups is 1. The van der Waals surface area contributed by atoms with E-state index in [0.717, 1.165) is 18.5 Å². The molecule has 0 aliphatic carbocycles. The van der Waals surface area contributed by atoms with Gasteiger partial charge in [0.15, 0.2) is 0 Å². The molecule has 7 heteroatoms. The Bertz CT molecular complexity index is 749. The van der Waals surface area contributed by atoms with Crippen LogP contribution in [0.25, 0.3) is 11.4 Å². The summed E-state index contributed by atoms with van der Waals surface area (Å²) in [7, 11) is 0. The first kappa shape index (κ1) is 17.9. The van der Waals surface area contributed by atoms with Gasteiger partial charge in [-0.1, -0.05) is 18.5 Å². The van der Waals surface area contributed by atoms with Gasteiger partial charge >= 0.3 is 0 Å². The van der Waals surface area contributed by atoms with E-state index >= 15 is 0 Å². The van der Waals surface area contributed by atoms with Crippen LogP contribution in [0.2, 0.25) is 0 Å². The number of aromatic nitrogens is 3. The molecule has 2 aromatic rings. The Morgan fingerprint density at radius 3 is 2.83 bits per heavy atom. The number of hydrogen-bond acceptors (Lipinski definition) is 5. The molecule has 0 saturated heterocycles. The molecule has 0 spiro atoms. The third-order valence-corrected chi connectivity index (χ3v) is 3.84. The monoisotopic (exact) mass is 332 g/mol. The zero-order valence-corrected chi connectivity index (χ0v) is 14.5. The highest BCUT2D eigenvalue weighted by molar-refractivity contribution is 5.75. The van der Waals surface area contributed by atoms with Crippen molar-refractivity contribution in [2.45, 2.75) is 53.0 Å². The van der Waals surface area contributed by atoms with E-state index in [1.54, 1.807) is 10.6 Å². The van der Waals surface area contributed by atoms with Crippen molar-refractivity contribution in [1.82, 2.24) is 20.0 Å². The summed E-state index contributed by atoms with van der Waals surface area (Å²) in [5, 5.41) is 6.72. The lowest BCUT2D eigenvalue weighted by molar-refractivity contribution is -0.121. The number of hydrogen-bond donors (Lipinski definition) is 1. The van der Waals surface area contributed by atoms with Crippen molar-refractivity contribution in [2.75, 3.05) is 6.54 Å². The van der Waals surface area contributed by atoms with E-state index in [9.17, 15) is 9.59 Å². The van der Waals surface area contributed by atoms with Crippen LogP contribution >= 0.6 is 0 Å². The van der Waals surface area contributed by atoms with E-state index in [1.807, 2.05) is 19.9 Å². The van der Waals surface area contributed by atoms with Gasteiger partial charge in [0.05, 0.1) is 5.56 Å². The molecule has 0 unspecified atom stereocenters. The lowest BCUT2D eigenvalue weighted by Crippen LogP contribution is -2.24. The van der Waals surface area contributed by atoms with Gasteiger partial charge in [-0.25, -0.2) is 0 Å². The Labute approximate surface area is 141 Å². The van der Waals surface area contributed by atoms with Crippen LogP contribution in [0, 0.1) is 6.92 Å². The van der Waals surface area contributed by atoms with Crippen molar-refractivity contribution in [2.24, 2.45) is 0 Å². The predicted octanol–water partition coefficient (Wildman–Crippen LogP) is 2.08. The first-order chi connectivity index (χ1) is 11.6. The summed E-state index contributed by atoms with van der Waals surface area (Å²) in [6.45, 7) is 7.14. The van der Waals surface area contributed by atoms with Crippen LogP contribution in [0.15, 0.2) is 21.5 Å². The number of carbonyl (C=O) groups excluding carboxylic acids is 1. The molecule has 0 bridgehead atoms. The molecule has 1 amide bonds. The minimum Gasteiger partial charge on any atom is -0.356 e. The maximum absolute atomic E-state index is 12.4. The minimum atomic E-state index is -0.137. The summed E-state index contributed by atoms with van der Waals surface area (Å²) in [6, 6.07) is 3.56. The molecular formula is C17H24N4O3. The number of aryl methyl sites for hydroxylation is 2. The fraction of sp³-hybridized carbons (Fsp3) is 0.529. The van der Waals surface area contributed by atoms with Crippen LogP contribution in [0.5, 0.6) is 0 Å². The maximum Gasteiger partial charge on any atom is 0.261 e. The number of nitrogens with zero attached hydrogens (tertiary/aromatic N) is 3. The van der Waals surface area contributed by atoms with E-state index in [4.69, 9.17) is 4.52 Å². The lowest BCUT2D eigenvalue weighted by Gasteiger charge is -2.07. The van der Waals surface area contributed by atoms with Crippen molar-refractivity contribution < 1.29 is 9.32 Å². The number of rotatable bonds is 8. The van der Waals surface area contributed by atoms with E-state index < -0.39 is 0 Å². The third kappa shape index (κ3) is 4.31. The fourth-order valence-corrected chi connectivity index (χ4v) is 2.41. The van der Waals surface area contributed by atoms with Gasteiger partial charge in [-0.15, -0.1) is 0 Å². The van der Waals surface area contributed by atoms with E-state index in [-0.39, 0.29) is 17.3 Å². The second-order valence-electron chi connectivity index (χ2n) is 5.65. The summed E-state index contributed by atoms with van der Waals surface area (Å²) in [4.78, 5) is 28.4. The summed E-state index contributed by atoms with van der Waals surface area (Å²) < 4.78 is 6.82. The fourth-order valence-electron chi connectivity index (χ4n) is 2.41. The molecule has 2 heterocycles. The Kier molecular flexibility index (Phi) is 6.28. The minimum absolute atomic E-state index is 0.0353. The van der Waals surface area contributed by atoms with Crippen molar-refractivity contribution in [1.29, 1.82) is 0 Å². The second-order valence-corrected chi connectivity index (χ2v) is 5.65. The molecule has 0 aromatic carbocycles. The molecular weight excluding hydrogens is 308 g/mol. The summed E-state index contributed by atoms with van der Waals surface area (Å²) >= 11 is 0. The van der Waals surface area contributed by atoms with E-state index in [0.29, 0.717) is 37.4 Å². The number of unbranched alkanes of at least 4 members (excludes halogenated alkanes) is 1. The van der Waals surface area contributed by atoms with Gasteiger partial charge in [-0.3, -0.25) is 9.59 Å². The van der Waals surface area contributed by atoms with E-state index in [2.05, 4.69) is 22.4 Å². The van der Waals surface area contributed by atoms with Crippen LogP contribution in [0.4, 0.5) is 0 Å². The number of pyridine rings is 1. The highest BCUT2D eigenvalue weighted by atomic mass is 16.5. The first-order valence-electron chi connectivity index (χ1n) is 8.36. The smallest absolute Gasteiger partial charge is 0.261 e. The van der Waals surface area contributed by atoms with Crippen LogP contribution < -0.4 is 10.9 Å². The molecule has 1 N–H and O–H groups in total. The molecule has 0 saturated carbocycles. The third-order valence-electron chi connectivity index (χ3n) is 3.84. The standard InChI is InChI=1S/C17H24N4O3/c1-4-6-11-18-14(22)9-10-15-19-16(20-24-15)13-8-7-12(3)21(5-2)17(13)23/h7-8H,4-6,9-11H2,1-3H3,(H,18,22). The Morgan fingerprint density at radius 2 is 2.12 bits per heavy atom. The largest absolute Gasteiger partial charge is 0.356 e. The Morgan fingerprint density at radius 1 is 1.33 bits per heavy atom. The first-order valence-corrected chi connectivity index (χ1v) is 8.36. The van der Waals surface area contributed by atoms with Gasteiger partial charge < -0.3 is 14.4 Å². The normalized spacial score (nSPS) is 10.8. The number of nitrogens with one attached hydrogen (secondary N) is 1. The van der Waals surface area contributed by atoms with Crippen LogP contribution in [-0.4, -0.2) is 27.2 Å². The zero-order chi connectivity index (χ0) is 17.5. The van der Waals surface area contributed by atoms with E-state index in [1.165, 1.54) is 0 Å². The van der Waals surface area contributed by atoms with Crippen molar-refractivity contribution in [3.8, 4) is 11.4 Å². The Balaban J connectivity index is 2.04. The summed E-state index contributed by atoms with van der Waals surface area (Å²) in [5.41, 5.74) is 1.16. The quantitative estimate of drug-likeness (QED) is 0.747. The number of amides is 1. The van der Waals surface area contributed by atoms with Gasteiger partial charge in [0.25, 0.3) is 5.56 Å². The molecule has 0 aliphatic heterocycles. The van der Waals surface area contributed by atoms with Crippen molar-refractivity contribution >= 4 is 5.91 Å². The molecule has 0 atom stereocenters. The molecule has 24 heavy (non-hydrogen) atoms. The molecule has 2 rings (SSSR count). The predicted molar refractivity (Wildman–Crippen MR) is 90.6 cm³/mol. The molecule has 0 aliphatic rings. The SMILES string of the molecule is CCCCNC(=O)CCc1nc(-c2ccc(C)n(CC)c2=O)no1. The van der Waals surface area contributed by atoms with Gasteiger partial charge in [0.1, 0.15) is 0 Å². The van der Waals surface area contributed by atoms with Gasteiger partial charge in [-0.2, -0.15) is 4.98 Å². The molecule has 0 fully saturated rings.